The number of aromatic hydroxyl groups is 1. The maximum atomic E-state index is 13.2. The minimum atomic E-state index is -1.39. The molecule has 3 aromatic carbocycles. The van der Waals surface area contributed by atoms with Gasteiger partial charge in [0.05, 0.1) is 25.4 Å². The first-order chi connectivity index (χ1) is 17.8. The molecule has 6 rings (SSSR count). The minimum Gasteiger partial charge on any atom is -0.497 e. The maximum absolute atomic E-state index is 13.2. The first-order valence-corrected chi connectivity index (χ1v) is 11.8. The lowest BCUT2D eigenvalue weighted by Gasteiger charge is -2.27. The highest BCUT2D eigenvalue weighted by Gasteiger charge is 2.48. The van der Waals surface area contributed by atoms with Crippen molar-refractivity contribution in [2.45, 2.75) is 19.0 Å². The lowest BCUT2D eigenvalue weighted by molar-refractivity contribution is -0.124. The normalized spacial score (nSPS) is 17.4. The fraction of sp³-hybridized carbons (Fsp3) is 0.179. The highest BCUT2D eigenvalue weighted by Crippen LogP contribution is 2.36. The third-order valence-corrected chi connectivity index (χ3v) is 7.15. The smallest absolute Gasteiger partial charge is 0.322 e. The number of aryl methyl sites for hydroxylation is 2. The van der Waals surface area contributed by atoms with E-state index in [1.54, 1.807) is 30.0 Å². The average Bonchev–Trinajstić information content (AvgIpc) is 3.52. The summed E-state index contributed by atoms with van der Waals surface area (Å²) in [5, 5.41) is 22.9. The number of nitrogens with zero attached hydrogens (tertiary/aromatic N) is 3. The number of rotatable bonds is 5. The van der Waals surface area contributed by atoms with Crippen LogP contribution in [0.15, 0.2) is 67.0 Å². The van der Waals surface area contributed by atoms with Gasteiger partial charge in [-0.25, -0.2) is 4.79 Å². The van der Waals surface area contributed by atoms with Gasteiger partial charge in [0.25, 0.3) is 5.91 Å². The fourth-order valence-electron chi connectivity index (χ4n) is 5.29. The number of fused-ring (bicyclic) bond motifs is 2. The summed E-state index contributed by atoms with van der Waals surface area (Å²) in [5.74, 6) is 0.115. The van der Waals surface area contributed by atoms with E-state index in [4.69, 9.17) is 4.74 Å². The lowest BCUT2D eigenvalue weighted by Crippen LogP contribution is -2.47. The van der Waals surface area contributed by atoms with E-state index in [9.17, 15) is 14.7 Å². The van der Waals surface area contributed by atoms with E-state index in [1.807, 2.05) is 48.3 Å². The Labute approximate surface area is 212 Å². The Bertz CT molecular complexity index is 1720. The van der Waals surface area contributed by atoms with Crippen LogP contribution in [-0.4, -0.2) is 38.5 Å². The van der Waals surface area contributed by atoms with Gasteiger partial charge in [-0.05, 0) is 59.5 Å². The molecule has 2 aromatic heterocycles. The molecule has 0 aliphatic carbocycles. The third kappa shape index (κ3) is 3.50. The molecule has 3 amide bonds. The molecule has 1 fully saturated rings. The number of amides is 3. The number of carbonyl (C=O) groups excluding carboxylic acids is 2. The second-order valence-electron chi connectivity index (χ2n) is 9.42. The first kappa shape index (κ1) is 22.7. The third-order valence-electron chi connectivity index (χ3n) is 7.15. The summed E-state index contributed by atoms with van der Waals surface area (Å²) < 4.78 is 8.71. The molecule has 9 heteroatoms. The molecule has 1 atom stereocenters. The largest absolute Gasteiger partial charge is 0.497 e. The van der Waals surface area contributed by atoms with Crippen LogP contribution in [0.4, 0.5) is 4.79 Å². The lowest BCUT2D eigenvalue weighted by atomic mass is 9.88. The van der Waals surface area contributed by atoms with Crippen molar-refractivity contribution in [3.8, 4) is 22.8 Å². The predicted molar refractivity (Wildman–Crippen MR) is 139 cm³/mol. The van der Waals surface area contributed by atoms with Gasteiger partial charge in [0.2, 0.25) is 0 Å². The van der Waals surface area contributed by atoms with Crippen LogP contribution in [0.1, 0.15) is 11.1 Å². The summed E-state index contributed by atoms with van der Waals surface area (Å²) in [7, 11) is 3.48. The van der Waals surface area contributed by atoms with E-state index >= 15 is 0 Å². The van der Waals surface area contributed by atoms with E-state index in [2.05, 4.69) is 34.8 Å². The SMILES string of the molecule is COc1ccc2cn(C[C@@]3(c4ccc(-c5cc(C)c6c(cnn6C)c5)cc4)NC(=O)NC3=O)c(O)c2c1. The van der Waals surface area contributed by atoms with Crippen LogP contribution in [-0.2, 0) is 23.9 Å². The Morgan fingerprint density at radius 3 is 2.51 bits per heavy atom. The van der Waals surface area contributed by atoms with Crippen LogP contribution in [0.5, 0.6) is 11.6 Å². The Morgan fingerprint density at radius 2 is 1.81 bits per heavy atom. The summed E-state index contributed by atoms with van der Waals surface area (Å²) in [5.41, 5.74) is 3.41. The quantitative estimate of drug-likeness (QED) is 0.320. The van der Waals surface area contributed by atoms with Crippen molar-refractivity contribution in [2.75, 3.05) is 7.11 Å². The number of ether oxygens (including phenoxy) is 1. The van der Waals surface area contributed by atoms with Gasteiger partial charge in [-0.3, -0.25) is 14.8 Å². The fourth-order valence-corrected chi connectivity index (χ4v) is 5.29. The molecule has 186 valence electrons. The number of hydrogen-bond donors (Lipinski definition) is 3. The van der Waals surface area contributed by atoms with Gasteiger partial charge in [-0.15, -0.1) is 0 Å². The van der Waals surface area contributed by atoms with Crippen molar-refractivity contribution in [2.24, 2.45) is 7.05 Å². The Kier molecular flexibility index (Phi) is 4.98. The second-order valence-corrected chi connectivity index (χ2v) is 9.42. The van der Waals surface area contributed by atoms with Gasteiger partial charge in [-0.2, -0.15) is 5.10 Å². The Hall–Kier alpha value is -4.79. The molecule has 1 aliphatic heterocycles. The van der Waals surface area contributed by atoms with Gasteiger partial charge in [0.15, 0.2) is 11.4 Å². The molecule has 37 heavy (non-hydrogen) atoms. The van der Waals surface area contributed by atoms with Crippen molar-refractivity contribution in [1.82, 2.24) is 25.0 Å². The highest BCUT2D eigenvalue weighted by atomic mass is 16.5. The van der Waals surface area contributed by atoms with Crippen molar-refractivity contribution in [3.63, 3.8) is 0 Å². The zero-order valence-corrected chi connectivity index (χ0v) is 20.6. The molecule has 0 saturated carbocycles. The van der Waals surface area contributed by atoms with E-state index < -0.39 is 17.5 Å². The van der Waals surface area contributed by atoms with E-state index in [0.717, 1.165) is 33.0 Å². The second kappa shape index (κ2) is 8.12. The summed E-state index contributed by atoms with van der Waals surface area (Å²) >= 11 is 0. The number of nitrogens with one attached hydrogen (secondary N) is 2. The van der Waals surface area contributed by atoms with E-state index in [1.165, 1.54) is 0 Å². The number of carbonyl (C=O) groups is 2. The molecular formula is C28H25N5O4. The molecule has 1 aliphatic rings. The summed E-state index contributed by atoms with van der Waals surface area (Å²) in [6.45, 7) is 2.06. The number of methoxy groups -OCH3 is 1. The molecule has 0 spiro atoms. The molecular weight excluding hydrogens is 470 g/mol. The predicted octanol–water partition coefficient (Wildman–Crippen LogP) is 3.95. The number of imide groups is 1. The molecule has 3 heterocycles. The van der Waals surface area contributed by atoms with Gasteiger partial charge < -0.3 is 19.7 Å². The molecule has 0 radical (unpaired) electrons. The van der Waals surface area contributed by atoms with Crippen LogP contribution < -0.4 is 15.4 Å². The maximum Gasteiger partial charge on any atom is 0.322 e. The monoisotopic (exact) mass is 495 g/mol. The van der Waals surface area contributed by atoms with Crippen molar-refractivity contribution in [3.05, 3.63) is 78.1 Å². The van der Waals surface area contributed by atoms with Crippen LogP contribution in [0, 0.1) is 6.92 Å². The highest BCUT2D eigenvalue weighted by molar-refractivity contribution is 6.07. The topological polar surface area (TPSA) is 110 Å². The number of urea groups is 1. The van der Waals surface area contributed by atoms with Crippen LogP contribution in [0.25, 0.3) is 32.8 Å². The Morgan fingerprint density at radius 1 is 1.03 bits per heavy atom. The van der Waals surface area contributed by atoms with Crippen molar-refractivity contribution >= 4 is 33.6 Å². The van der Waals surface area contributed by atoms with E-state index in [-0.39, 0.29) is 12.4 Å². The van der Waals surface area contributed by atoms with Gasteiger partial charge in [0.1, 0.15) is 5.75 Å². The molecule has 1 saturated heterocycles. The number of benzene rings is 3. The standard InChI is InChI=1S/C28H25N5O4/c1-16-10-19(11-20-13-29-32(2)24(16)20)17-4-7-21(8-5-17)28(26(35)30-27(36)31-28)15-33-14-18-6-9-22(37-3)12-23(18)25(33)34/h4-14,34H,15H2,1-3H3,(H2,30,31,35,36)/t28-/m0/s1. The summed E-state index contributed by atoms with van der Waals surface area (Å²) in [6.07, 6.45) is 3.60. The molecule has 0 bridgehead atoms. The number of aromatic nitrogens is 3. The van der Waals surface area contributed by atoms with Gasteiger partial charge >= 0.3 is 6.03 Å². The Balaban J connectivity index is 1.40. The minimum absolute atomic E-state index is 0.00744. The van der Waals surface area contributed by atoms with Gasteiger partial charge in [-0.1, -0.05) is 24.3 Å². The van der Waals surface area contributed by atoms with E-state index in [0.29, 0.717) is 16.7 Å². The molecule has 3 N–H and O–H groups in total. The zero-order valence-electron chi connectivity index (χ0n) is 20.6. The molecule has 5 aromatic rings. The number of hydrogen-bond acceptors (Lipinski definition) is 5. The van der Waals surface area contributed by atoms with Crippen LogP contribution >= 0.6 is 0 Å². The van der Waals surface area contributed by atoms with Gasteiger partial charge in [0, 0.05) is 29.4 Å². The van der Waals surface area contributed by atoms with Crippen molar-refractivity contribution < 1.29 is 19.4 Å². The van der Waals surface area contributed by atoms with Crippen molar-refractivity contribution in [1.29, 1.82) is 0 Å². The molecule has 0 unspecified atom stereocenters. The first-order valence-electron chi connectivity index (χ1n) is 11.8. The van der Waals surface area contributed by atoms with Crippen LogP contribution in [0.3, 0.4) is 0 Å². The average molecular weight is 496 g/mol. The zero-order chi connectivity index (χ0) is 25.9. The molecule has 9 nitrogen and oxygen atoms in total. The van der Waals surface area contributed by atoms with Crippen LogP contribution in [0.2, 0.25) is 0 Å². The summed E-state index contributed by atoms with van der Waals surface area (Å²) in [4.78, 5) is 25.5. The summed E-state index contributed by atoms with van der Waals surface area (Å²) in [6, 6.07) is 16.5.